The van der Waals surface area contributed by atoms with Crippen LogP contribution in [0, 0.1) is 17.3 Å². The van der Waals surface area contributed by atoms with Gasteiger partial charge in [0, 0.05) is 5.41 Å². The molecule has 0 spiro atoms. The number of hydrogen-bond donors (Lipinski definition) is 1. The van der Waals surface area contributed by atoms with Crippen LogP contribution in [-0.2, 0) is 4.79 Å². The monoisotopic (exact) mass is 239 g/mol. The van der Waals surface area contributed by atoms with E-state index in [-0.39, 0.29) is 17.2 Å². The molecular weight excluding hydrogens is 210 g/mol. The molecule has 3 atom stereocenters. The molecule has 2 nitrogen and oxygen atoms in total. The van der Waals surface area contributed by atoms with Gasteiger partial charge in [0.25, 0.3) is 0 Å². The fourth-order valence-electron chi connectivity index (χ4n) is 2.85. The van der Waals surface area contributed by atoms with Gasteiger partial charge in [0.1, 0.15) is 0 Å². The molecule has 0 aromatic carbocycles. The molecule has 1 fully saturated rings. The lowest BCUT2D eigenvalue weighted by Crippen LogP contribution is -2.42. The smallest absolute Gasteiger partial charge is 0.155 e. The third kappa shape index (κ3) is 3.80. The van der Waals surface area contributed by atoms with Gasteiger partial charge in [-0.15, -0.1) is 0 Å². The zero-order valence-electron chi connectivity index (χ0n) is 12.0. The van der Waals surface area contributed by atoms with E-state index >= 15 is 0 Å². The predicted octanol–water partition coefficient (Wildman–Crippen LogP) is 3.54. The first kappa shape index (κ1) is 14.7. The van der Waals surface area contributed by atoms with Crippen LogP contribution in [0.15, 0.2) is 0 Å². The Bertz CT molecular complexity index is 260. The largest absolute Gasteiger partial charge is 0.321 e. The summed E-state index contributed by atoms with van der Waals surface area (Å²) in [6.07, 6.45) is 7.00. The lowest BCUT2D eigenvalue weighted by atomic mass is 9.74. The lowest BCUT2D eigenvalue weighted by Gasteiger charge is -2.32. The molecule has 3 unspecified atom stereocenters. The second kappa shape index (κ2) is 5.99. The van der Waals surface area contributed by atoms with E-state index in [2.05, 4.69) is 13.8 Å². The summed E-state index contributed by atoms with van der Waals surface area (Å²) in [5, 5.41) is 0. The first-order valence-corrected chi connectivity index (χ1v) is 7.18. The van der Waals surface area contributed by atoms with Gasteiger partial charge in [-0.2, -0.15) is 0 Å². The average Bonchev–Trinajstić information content (AvgIpc) is 2.31. The summed E-state index contributed by atoms with van der Waals surface area (Å²) in [6.45, 7) is 8.40. The maximum absolute atomic E-state index is 12.3. The highest BCUT2D eigenvalue weighted by Gasteiger charge is 2.33. The van der Waals surface area contributed by atoms with E-state index in [0.717, 1.165) is 18.8 Å². The maximum Gasteiger partial charge on any atom is 0.155 e. The second-order valence-electron chi connectivity index (χ2n) is 6.47. The van der Waals surface area contributed by atoms with Crippen molar-refractivity contribution in [2.75, 3.05) is 0 Å². The molecule has 17 heavy (non-hydrogen) atoms. The van der Waals surface area contributed by atoms with E-state index in [1.807, 2.05) is 13.8 Å². The molecule has 1 aliphatic rings. The Morgan fingerprint density at radius 2 is 1.94 bits per heavy atom. The molecule has 1 aliphatic carbocycles. The highest BCUT2D eigenvalue weighted by molar-refractivity contribution is 5.88. The summed E-state index contributed by atoms with van der Waals surface area (Å²) in [6, 6.07) is -0.254. The van der Waals surface area contributed by atoms with Crippen LogP contribution in [-0.4, -0.2) is 11.8 Å². The maximum atomic E-state index is 12.3. The number of Topliss-reactive ketones (excluding diaryl/α,β-unsaturated/α-hetero) is 1. The van der Waals surface area contributed by atoms with Crippen LogP contribution in [0.2, 0.25) is 0 Å². The van der Waals surface area contributed by atoms with Crippen LogP contribution in [0.5, 0.6) is 0 Å². The van der Waals surface area contributed by atoms with Crippen molar-refractivity contribution < 1.29 is 4.79 Å². The molecule has 1 rings (SSSR count). The number of ketones is 1. The Labute approximate surface area is 106 Å². The minimum absolute atomic E-state index is 0.248. The summed E-state index contributed by atoms with van der Waals surface area (Å²) in [5.74, 6) is 1.65. The molecule has 2 N–H and O–H groups in total. The SMILES string of the molecule is CCC(C)(C)C(=O)C(N)CC1CCCCC1C. The lowest BCUT2D eigenvalue weighted by molar-refractivity contribution is -0.129. The third-order valence-electron chi connectivity index (χ3n) is 4.73. The van der Waals surface area contributed by atoms with Gasteiger partial charge in [-0.25, -0.2) is 0 Å². The normalized spacial score (nSPS) is 27.8. The summed E-state index contributed by atoms with van der Waals surface area (Å²) in [7, 11) is 0. The third-order valence-corrected chi connectivity index (χ3v) is 4.73. The van der Waals surface area contributed by atoms with Crippen molar-refractivity contribution >= 4 is 5.78 Å². The molecule has 2 heteroatoms. The van der Waals surface area contributed by atoms with Crippen LogP contribution in [0.25, 0.3) is 0 Å². The van der Waals surface area contributed by atoms with Gasteiger partial charge in [0.15, 0.2) is 5.78 Å². The first-order chi connectivity index (χ1) is 7.88. The van der Waals surface area contributed by atoms with Crippen molar-refractivity contribution in [3.63, 3.8) is 0 Å². The van der Waals surface area contributed by atoms with Crippen molar-refractivity contribution in [2.24, 2.45) is 23.0 Å². The first-order valence-electron chi connectivity index (χ1n) is 7.18. The quantitative estimate of drug-likeness (QED) is 0.797. The van der Waals surface area contributed by atoms with E-state index in [1.165, 1.54) is 25.7 Å². The molecule has 0 aromatic heterocycles. The fraction of sp³-hybridized carbons (Fsp3) is 0.933. The standard InChI is InChI=1S/C15H29NO/c1-5-15(3,4)14(17)13(16)10-12-9-7-6-8-11(12)2/h11-13H,5-10,16H2,1-4H3. The molecule has 0 radical (unpaired) electrons. The minimum atomic E-state index is -0.254. The van der Waals surface area contributed by atoms with E-state index in [9.17, 15) is 4.79 Å². The highest BCUT2D eigenvalue weighted by Crippen LogP contribution is 2.34. The molecule has 100 valence electrons. The summed E-state index contributed by atoms with van der Waals surface area (Å²) >= 11 is 0. The van der Waals surface area contributed by atoms with Crippen molar-refractivity contribution in [2.45, 2.75) is 72.3 Å². The molecule has 0 heterocycles. The van der Waals surface area contributed by atoms with Gasteiger partial charge in [0.2, 0.25) is 0 Å². The van der Waals surface area contributed by atoms with Gasteiger partial charge in [-0.05, 0) is 24.7 Å². The summed E-state index contributed by atoms with van der Waals surface area (Å²) < 4.78 is 0. The van der Waals surface area contributed by atoms with Crippen LogP contribution in [0.3, 0.4) is 0 Å². The van der Waals surface area contributed by atoms with Gasteiger partial charge in [0.05, 0.1) is 6.04 Å². The predicted molar refractivity (Wildman–Crippen MR) is 72.8 cm³/mol. The molecule has 0 aromatic rings. The van der Waals surface area contributed by atoms with Crippen LogP contribution in [0.4, 0.5) is 0 Å². The summed E-state index contributed by atoms with van der Waals surface area (Å²) in [4.78, 5) is 12.3. The van der Waals surface area contributed by atoms with Gasteiger partial charge < -0.3 is 5.73 Å². The summed E-state index contributed by atoms with van der Waals surface area (Å²) in [5.41, 5.74) is 5.87. The Morgan fingerprint density at radius 3 is 2.47 bits per heavy atom. The highest BCUT2D eigenvalue weighted by atomic mass is 16.1. The van der Waals surface area contributed by atoms with Gasteiger partial charge in [-0.1, -0.05) is 53.4 Å². The van der Waals surface area contributed by atoms with Crippen LogP contribution >= 0.6 is 0 Å². The fourth-order valence-corrected chi connectivity index (χ4v) is 2.85. The molecule has 0 amide bonds. The van der Waals surface area contributed by atoms with Crippen molar-refractivity contribution in [3.05, 3.63) is 0 Å². The Morgan fingerprint density at radius 1 is 1.35 bits per heavy atom. The molecule has 0 aliphatic heterocycles. The Hall–Kier alpha value is -0.370. The van der Waals surface area contributed by atoms with E-state index < -0.39 is 0 Å². The van der Waals surface area contributed by atoms with Crippen molar-refractivity contribution in [1.29, 1.82) is 0 Å². The molecular formula is C15H29NO. The van der Waals surface area contributed by atoms with Crippen LogP contribution in [0.1, 0.15) is 66.2 Å². The number of nitrogens with two attached hydrogens (primary N) is 1. The van der Waals surface area contributed by atoms with Crippen molar-refractivity contribution in [3.8, 4) is 0 Å². The van der Waals surface area contributed by atoms with Gasteiger partial charge in [-0.3, -0.25) is 4.79 Å². The zero-order chi connectivity index (χ0) is 13.1. The van der Waals surface area contributed by atoms with E-state index in [4.69, 9.17) is 5.73 Å². The van der Waals surface area contributed by atoms with Gasteiger partial charge >= 0.3 is 0 Å². The number of carbonyl (C=O) groups is 1. The van der Waals surface area contributed by atoms with Crippen molar-refractivity contribution in [1.82, 2.24) is 0 Å². The Kier molecular flexibility index (Phi) is 5.18. The molecule has 0 bridgehead atoms. The van der Waals surface area contributed by atoms with Crippen LogP contribution < -0.4 is 5.73 Å². The second-order valence-corrected chi connectivity index (χ2v) is 6.47. The minimum Gasteiger partial charge on any atom is -0.321 e. The number of carbonyl (C=O) groups excluding carboxylic acids is 1. The topological polar surface area (TPSA) is 43.1 Å². The number of rotatable bonds is 5. The van der Waals surface area contributed by atoms with E-state index in [1.54, 1.807) is 0 Å². The Balaban J connectivity index is 2.53. The molecule has 1 saturated carbocycles. The zero-order valence-corrected chi connectivity index (χ0v) is 12.0. The number of hydrogen-bond acceptors (Lipinski definition) is 2. The molecule has 0 saturated heterocycles. The van der Waals surface area contributed by atoms with E-state index in [0.29, 0.717) is 5.92 Å². The average molecular weight is 239 g/mol.